The summed E-state index contributed by atoms with van der Waals surface area (Å²) in [6.45, 7) is 2.16. The third kappa shape index (κ3) is 2.93. The number of benzene rings is 1. The molecule has 0 saturated heterocycles. The molecule has 0 fully saturated rings. The van der Waals surface area contributed by atoms with Crippen LogP contribution in [0.5, 0.6) is 0 Å². The van der Waals surface area contributed by atoms with Crippen LogP contribution >= 0.6 is 11.8 Å². The van der Waals surface area contributed by atoms with Crippen molar-refractivity contribution in [3.05, 3.63) is 48.3 Å². The maximum Gasteiger partial charge on any atom is 0.168 e. The first-order valence-corrected chi connectivity index (χ1v) is 6.89. The van der Waals surface area contributed by atoms with Gasteiger partial charge in [0.25, 0.3) is 0 Å². The maximum atomic E-state index is 8.56. The molecule has 18 heavy (non-hydrogen) atoms. The molecular weight excluding hydrogens is 242 g/mol. The Balaban J connectivity index is 2.14. The molecule has 0 amide bonds. The topological polar surface area (TPSA) is 41.6 Å². The van der Waals surface area contributed by atoms with Crippen LogP contribution in [0.25, 0.3) is 0 Å². The van der Waals surface area contributed by atoms with Gasteiger partial charge in [0, 0.05) is 24.6 Å². The highest BCUT2D eigenvalue weighted by atomic mass is 32.2. The van der Waals surface area contributed by atoms with Crippen LogP contribution in [0.4, 0.5) is 0 Å². The molecule has 1 aromatic heterocycles. The van der Waals surface area contributed by atoms with E-state index in [1.807, 2.05) is 30.6 Å². The monoisotopic (exact) mass is 257 g/mol. The summed E-state index contributed by atoms with van der Waals surface area (Å²) < 4.78 is 2.15. The smallest absolute Gasteiger partial charge is 0.168 e. The first kappa shape index (κ1) is 12.7. The Labute approximate surface area is 111 Å². The molecule has 1 heterocycles. The van der Waals surface area contributed by atoms with Crippen molar-refractivity contribution in [2.75, 3.05) is 5.75 Å². The van der Waals surface area contributed by atoms with Crippen molar-refractivity contribution in [1.29, 1.82) is 5.26 Å². The molecular formula is C14H15N3S. The predicted octanol–water partition coefficient (Wildman–Crippen LogP) is 3.50. The number of hydrogen-bond donors (Lipinski definition) is 0. The van der Waals surface area contributed by atoms with Gasteiger partial charge < -0.3 is 4.57 Å². The van der Waals surface area contributed by atoms with Crippen molar-refractivity contribution in [2.24, 2.45) is 0 Å². The van der Waals surface area contributed by atoms with E-state index in [9.17, 15) is 0 Å². The van der Waals surface area contributed by atoms with Gasteiger partial charge in [-0.2, -0.15) is 5.26 Å². The fourth-order valence-corrected chi connectivity index (χ4v) is 2.67. The lowest BCUT2D eigenvalue weighted by Crippen LogP contribution is -2.07. The molecule has 4 heteroatoms. The SMILES string of the molecule is CC(c1ccccc1)n1ccnc1SCCC#N. The van der Waals surface area contributed by atoms with E-state index in [0.29, 0.717) is 6.42 Å². The van der Waals surface area contributed by atoms with Crippen LogP contribution < -0.4 is 0 Å². The van der Waals surface area contributed by atoms with Crippen LogP contribution in [0.2, 0.25) is 0 Å². The Morgan fingerprint density at radius 3 is 2.89 bits per heavy atom. The molecule has 0 aliphatic carbocycles. The molecule has 0 spiro atoms. The van der Waals surface area contributed by atoms with Gasteiger partial charge >= 0.3 is 0 Å². The summed E-state index contributed by atoms with van der Waals surface area (Å²) in [4.78, 5) is 4.35. The summed E-state index contributed by atoms with van der Waals surface area (Å²) in [5.74, 6) is 0.787. The Bertz CT molecular complexity index is 527. The van der Waals surface area contributed by atoms with E-state index in [1.54, 1.807) is 11.8 Å². The van der Waals surface area contributed by atoms with Gasteiger partial charge in [-0.1, -0.05) is 42.1 Å². The molecule has 1 aromatic carbocycles. The van der Waals surface area contributed by atoms with E-state index < -0.39 is 0 Å². The second-order valence-corrected chi connectivity index (χ2v) is 5.02. The van der Waals surface area contributed by atoms with Gasteiger partial charge in [-0.25, -0.2) is 4.98 Å². The number of nitriles is 1. The summed E-state index contributed by atoms with van der Waals surface area (Å²) in [6, 6.07) is 12.8. The lowest BCUT2D eigenvalue weighted by molar-refractivity contribution is 0.583. The largest absolute Gasteiger partial charge is 0.319 e. The summed E-state index contributed by atoms with van der Waals surface area (Å²) in [7, 11) is 0. The minimum atomic E-state index is 0.262. The van der Waals surface area contributed by atoms with Crippen LogP contribution in [0.15, 0.2) is 47.9 Å². The Morgan fingerprint density at radius 2 is 2.17 bits per heavy atom. The first-order chi connectivity index (χ1) is 8.83. The van der Waals surface area contributed by atoms with Crippen molar-refractivity contribution in [3.63, 3.8) is 0 Å². The lowest BCUT2D eigenvalue weighted by Gasteiger charge is -2.16. The average molecular weight is 257 g/mol. The van der Waals surface area contributed by atoms with Crippen molar-refractivity contribution in [2.45, 2.75) is 24.5 Å². The molecule has 0 radical (unpaired) electrons. The van der Waals surface area contributed by atoms with E-state index in [-0.39, 0.29) is 6.04 Å². The van der Waals surface area contributed by atoms with Gasteiger partial charge in [-0.3, -0.25) is 0 Å². The zero-order chi connectivity index (χ0) is 12.8. The number of imidazole rings is 1. The van der Waals surface area contributed by atoms with E-state index in [1.165, 1.54) is 5.56 Å². The van der Waals surface area contributed by atoms with Crippen molar-refractivity contribution >= 4 is 11.8 Å². The molecule has 92 valence electrons. The summed E-state index contributed by atoms with van der Waals surface area (Å²) in [6.07, 6.45) is 4.36. The molecule has 0 aliphatic rings. The summed E-state index contributed by atoms with van der Waals surface area (Å²) >= 11 is 1.63. The first-order valence-electron chi connectivity index (χ1n) is 5.90. The fraction of sp³-hybridized carbons (Fsp3) is 0.286. The maximum absolute atomic E-state index is 8.56. The van der Waals surface area contributed by atoms with Crippen molar-refractivity contribution < 1.29 is 0 Å². The molecule has 1 unspecified atom stereocenters. The van der Waals surface area contributed by atoms with Crippen LogP contribution in [0.3, 0.4) is 0 Å². The number of hydrogen-bond acceptors (Lipinski definition) is 3. The van der Waals surface area contributed by atoms with Crippen molar-refractivity contribution in [1.82, 2.24) is 9.55 Å². The Kier molecular flexibility index (Phi) is 4.43. The molecule has 2 rings (SSSR count). The third-order valence-electron chi connectivity index (χ3n) is 2.78. The van der Waals surface area contributed by atoms with Gasteiger partial charge in [0.1, 0.15) is 0 Å². The molecule has 0 saturated carbocycles. The van der Waals surface area contributed by atoms with E-state index >= 15 is 0 Å². The van der Waals surface area contributed by atoms with Crippen LogP contribution in [0.1, 0.15) is 24.9 Å². The minimum Gasteiger partial charge on any atom is -0.319 e. The highest BCUT2D eigenvalue weighted by Crippen LogP contribution is 2.24. The predicted molar refractivity (Wildman–Crippen MR) is 73.4 cm³/mol. The highest BCUT2D eigenvalue weighted by molar-refractivity contribution is 7.99. The summed E-state index contributed by atoms with van der Waals surface area (Å²) in [5.41, 5.74) is 1.26. The van der Waals surface area contributed by atoms with Gasteiger partial charge in [0.05, 0.1) is 12.1 Å². The van der Waals surface area contributed by atoms with E-state index in [0.717, 1.165) is 10.9 Å². The lowest BCUT2D eigenvalue weighted by atomic mass is 10.1. The molecule has 0 N–H and O–H groups in total. The molecule has 0 bridgehead atoms. The molecule has 3 nitrogen and oxygen atoms in total. The summed E-state index contributed by atoms with van der Waals surface area (Å²) in [5, 5.41) is 9.53. The number of nitrogens with zero attached hydrogens (tertiary/aromatic N) is 3. The Morgan fingerprint density at radius 1 is 1.39 bits per heavy atom. The highest BCUT2D eigenvalue weighted by Gasteiger charge is 2.11. The second kappa shape index (κ2) is 6.27. The minimum absolute atomic E-state index is 0.262. The van der Waals surface area contributed by atoms with E-state index in [2.05, 4.69) is 34.7 Å². The van der Waals surface area contributed by atoms with E-state index in [4.69, 9.17) is 5.26 Å². The average Bonchev–Trinajstić information content (AvgIpc) is 2.88. The zero-order valence-electron chi connectivity index (χ0n) is 10.3. The van der Waals surface area contributed by atoms with Crippen LogP contribution in [0, 0.1) is 11.3 Å². The molecule has 1 atom stereocenters. The number of aromatic nitrogens is 2. The van der Waals surface area contributed by atoms with Crippen LogP contribution in [-0.4, -0.2) is 15.3 Å². The van der Waals surface area contributed by atoms with Gasteiger partial charge in [-0.05, 0) is 12.5 Å². The zero-order valence-corrected chi connectivity index (χ0v) is 11.1. The quantitative estimate of drug-likeness (QED) is 0.608. The normalized spacial score (nSPS) is 12.0. The second-order valence-electron chi connectivity index (χ2n) is 3.96. The van der Waals surface area contributed by atoms with Gasteiger partial charge in [0.2, 0.25) is 0 Å². The molecule has 2 aromatic rings. The van der Waals surface area contributed by atoms with Gasteiger partial charge in [-0.15, -0.1) is 0 Å². The number of rotatable bonds is 5. The standard InChI is InChI=1S/C14H15N3S/c1-12(13-6-3-2-4-7-13)17-10-9-16-14(17)18-11-5-8-15/h2-4,6-7,9-10,12H,5,11H2,1H3. The molecule has 0 aliphatic heterocycles. The Hall–Kier alpha value is -1.73. The third-order valence-corrected chi connectivity index (χ3v) is 3.76. The van der Waals surface area contributed by atoms with Crippen LogP contribution in [-0.2, 0) is 0 Å². The van der Waals surface area contributed by atoms with Crippen molar-refractivity contribution in [3.8, 4) is 6.07 Å². The number of thioether (sulfide) groups is 1. The van der Waals surface area contributed by atoms with Gasteiger partial charge in [0.15, 0.2) is 5.16 Å². The fourth-order valence-electron chi connectivity index (χ4n) is 1.79.